The lowest BCUT2D eigenvalue weighted by atomic mass is 9.96. The van der Waals surface area contributed by atoms with Gasteiger partial charge in [0.15, 0.2) is 0 Å². The summed E-state index contributed by atoms with van der Waals surface area (Å²) in [5, 5.41) is 5.72. The van der Waals surface area contributed by atoms with E-state index in [1.807, 2.05) is 91.0 Å². The summed E-state index contributed by atoms with van der Waals surface area (Å²) in [6.45, 7) is 3.44. The highest BCUT2D eigenvalue weighted by Crippen LogP contribution is 2.22. The van der Waals surface area contributed by atoms with Crippen LogP contribution in [0.15, 0.2) is 91.0 Å². The van der Waals surface area contributed by atoms with Gasteiger partial charge in [-0.25, -0.2) is 4.79 Å². The Morgan fingerprint density at radius 2 is 1.27 bits per heavy atom. The van der Waals surface area contributed by atoms with Crippen LogP contribution in [0.1, 0.15) is 36.6 Å². The minimum atomic E-state index is -1.16. The summed E-state index contributed by atoms with van der Waals surface area (Å²) in [6, 6.07) is 28.5. The summed E-state index contributed by atoms with van der Waals surface area (Å²) in [5.41, 5.74) is 1.64. The van der Waals surface area contributed by atoms with Crippen LogP contribution < -0.4 is 10.6 Å². The number of ether oxygens (including phenoxy) is 1. The molecule has 0 aliphatic rings. The molecule has 3 aromatic carbocycles. The molecule has 0 spiro atoms. The summed E-state index contributed by atoms with van der Waals surface area (Å²) in [4.78, 5) is 25.3. The molecule has 0 saturated heterocycles. The minimum Gasteiger partial charge on any atom is -0.445 e. The number of nitrogens with one attached hydrogen (secondary N) is 2. The molecule has 154 valence electrons. The number of carbonyl (C=O) groups is 2. The SMILES string of the molecule is CC(C)(NC(=O)OCc1ccccc1)C(=O)NC(c1ccccc1)c1ccccc1. The zero-order valence-corrected chi connectivity index (χ0v) is 17.2. The van der Waals surface area contributed by atoms with Crippen molar-refractivity contribution in [2.24, 2.45) is 0 Å². The molecule has 30 heavy (non-hydrogen) atoms. The van der Waals surface area contributed by atoms with Crippen molar-refractivity contribution in [3.63, 3.8) is 0 Å². The third kappa shape index (κ3) is 5.70. The maximum absolute atomic E-state index is 13.1. The molecule has 0 heterocycles. The van der Waals surface area contributed by atoms with E-state index in [0.717, 1.165) is 16.7 Å². The van der Waals surface area contributed by atoms with Crippen LogP contribution in [0.3, 0.4) is 0 Å². The number of hydrogen-bond acceptors (Lipinski definition) is 3. The van der Waals surface area contributed by atoms with Crippen LogP contribution in [-0.4, -0.2) is 17.5 Å². The van der Waals surface area contributed by atoms with Gasteiger partial charge < -0.3 is 15.4 Å². The second-order valence-electron chi connectivity index (χ2n) is 7.54. The Balaban J connectivity index is 1.67. The van der Waals surface area contributed by atoms with Gasteiger partial charge in [0.25, 0.3) is 0 Å². The van der Waals surface area contributed by atoms with E-state index in [9.17, 15) is 9.59 Å². The number of hydrogen-bond donors (Lipinski definition) is 2. The maximum Gasteiger partial charge on any atom is 0.408 e. The lowest BCUT2D eigenvalue weighted by Gasteiger charge is -2.28. The van der Waals surface area contributed by atoms with E-state index in [2.05, 4.69) is 10.6 Å². The summed E-state index contributed by atoms with van der Waals surface area (Å²) in [7, 11) is 0. The molecule has 0 aliphatic heterocycles. The molecule has 2 N–H and O–H groups in total. The predicted molar refractivity (Wildman–Crippen MR) is 117 cm³/mol. The van der Waals surface area contributed by atoms with Crippen molar-refractivity contribution >= 4 is 12.0 Å². The van der Waals surface area contributed by atoms with Crippen LogP contribution in [0.4, 0.5) is 4.79 Å². The normalized spacial score (nSPS) is 11.0. The molecule has 3 aromatic rings. The van der Waals surface area contributed by atoms with Gasteiger partial charge in [-0.3, -0.25) is 4.79 Å². The molecule has 0 bridgehead atoms. The fourth-order valence-electron chi connectivity index (χ4n) is 3.03. The minimum absolute atomic E-state index is 0.140. The highest BCUT2D eigenvalue weighted by molar-refractivity contribution is 5.89. The molecule has 0 fully saturated rings. The van der Waals surface area contributed by atoms with Crippen molar-refractivity contribution < 1.29 is 14.3 Å². The average molecular weight is 402 g/mol. The molecule has 5 nitrogen and oxygen atoms in total. The van der Waals surface area contributed by atoms with E-state index in [-0.39, 0.29) is 18.6 Å². The van der Waals surface area contributed by atoms with E-state index in [1.54, 1.807) is 13.8 Å². The van der Waals surface area contributed by atoms with Gasteiger partial charge in [-0.2, -0.15) is 0 Å². The fraction of sp³-hybridized carbons (Fsp3) is 0.200. The van der Waals surface area contributed by atoms with Crippen LogP contribution in [0.25, 0.3) is 0 Å². The maximum atomic E-state index is 13.1. The van der Waals surface area contributed by atoms with Crippen molar-refractivity contribution in [1.29, 1.82) is 0 Å². The standard InChI is InChI=1S/C25H26N2O3/c1-25(2,27-24(29)30-18-19-12-6-3-7-13-19)23(28)26-22(20-14-8-4-9-15-20)21-16-10-5-11-17-21/h3-17,22H,18H2,1-2H3,(H,26,28)(H,27,29). The van der Waals surface area contributed by atoms with E-state index < -0.39 is 11.6 Å². The number of alkyl carbamates (subject to hydrolysis) is 1. The molecular weight excluding hydrogens is 376 g/mol. The first-order valence-electron chi connectivity index (χ1n) is 9.85. The van der Waals surface area contributed by atoms with Crippen molar-refractivity contribution in [2.75, 3.05) is 0 Å². The molecule has 0 aliphatic carbocycles. The second kappa shape index (κ2) is 9.74. The van der Waals surface area contributed by atoms with Gasteiger partial charge in [-0.05, 0) is 30.5 Å². The predicted octanol–water partition coefficient (Wildman–Crippen LogP) is 4.60. The third-order valence-electron chi connectivity index (χ3n) is 4.74. The molecule has 5 heteroatoms. The van der Waals surface area contributed by atoms with Gasteiger partial charge in [0.1, 0.15) is 12.1 Å². The summed E-state index contributed by atoms with van der Waals surface area (Å²) in [6.07, 6.45) is -0.644. The Morgan fingerprint density at radius 3 is 1.77 bits per heavy atom. The zero-order valence-electron chi connectivity index (χ0n) is 17.2. The van der Waals surface area contributed by atoms with E-state index in [1.165, 1.54) is 0 Å². The highest BCUT2D eigenvalue weighted by Gasteiger charge is 2.32. The third-order valence-corrected chi connectivity index (χ3v) is 4.74. The van der Waals surface area contributed by atoms with Gasteiger partial charge in [0, 0.05) is 0 Å². The average Bonchev–Trinajstić information content (AvgIpc) is 2.77. The largest absolute Gasteiger partial charge is 0.445 e. The van der Waals surface area contributed by atoms with Crippen LogP contribution in [0, 0.1) is 0 Å². The molecule has 0 saturated carbocycles. The lowest BCUT2D eigenvalue weighted by molar-refractivity contribution is -0.126. The van der Waals surface area contributed by atoms with E-state index in [4.69, 9.17) is 4.74 Å². The lowest BCUT2D eigenvalue weighted by Crippen LogP contribution is -2.55. The van der Waals surface area contributed by atoms with Gasteiger partial charge in [-0.1, -0.05) is 91.0 Å². The van der Waals surface area contributed by atoms with Gasteiger partial charge in [-0.15, -0.1) is 0 Å². The quantitative estimate of drug-likeness (QED) is 0.607. The van der Waals surface area contributed by atoms with Crippen LogP contribution in [0.2, 0.25) is 0 Å². The van der Waals surface area contributed by atoms with Gasteiger partial charge >= 0.3 is 6.09 Å². The Bertz CT molecular complexity index is 918. The summed E-state index contributed by atoms with van der Waals surface area (Å²) >= 11 is 0. The first-order chi connectivity index (χ1) is 14.5. The Hall–Kier alpha value is -3.60. The molecule has 0 atom stereocenters. The fourth-order valence-corrected chi connectivity index (χ4v) is 3.03. The molecular formula is C25H26N2O3. The first-order valence-corrected chi connectivity index (χ1v) is 9.85. The van der Waals surface area contributed by atoms with Crippen LogP contribution in [0.5, 0.6) is 0 Å². The topological polar surface area (TPSA) is 67.4 Å². The van der Waals surface area contributed by atoms with Crippen molar-refractivity contribution in [3.8, 4) is 0 Å². The Labute approximate surface area is 177 Å². The molecule has 0 radical (unpaired) electrons. The number of carbonyl (C=O) groups excluding carboxylic acids is 2. The summed E-state index contributed by atoms with van der Waals surface area (Å²) < 4.78 is 5.26. The Morgan fingerprint density at radius 1 is 0.800 bits per heavy atom. The van der Waals surface area contributed by atoms with Crippen molar-refractivity contribution in [3.05, 3.63) is 108 Å². The summed E-state index contributed by atoms with van der Waals surface area (Å²) in [5.74, 6) is -0.308. The van der Waals surface area contributed by atoms with Crippen molar-refractivity contribution in [2.45, 2.75) is 32.0 Å². The number of rotatable bonds is 7. The molecule has 2 amide bonds. The monoisotopic (exact) mass is 402 g/mol. The molecule has 0 unspecified atom stereocenters. The zero-order chi connectivity index (χ0) is 21.4. The molecule has 3 rings (SSSR count). The van der Waals surface area contributed by atoms with Crippen LogP contribution in [-0.2, 0) is 16.1 Å². The van der Waals surface area contributed by atoms with E-state index >= 15 is 0 Å². The van der Waals surface area contributed by atoms with E-state index in [0.29, 0.717) is 0 Å². The van der Waals surface area contributed by atoms with Gasteiger partial charge in [0.05, 0.1) is 6.04 Å². The van der Waals surface area contributed by atoms with Gasteiger partial charge in [0.2, 0.25) is 5.91 Å². The van der Waals surface area contributed by atoms with Crippen molar-refractivity contribution in [1.82, 2.24) is 10.6 Å². The number of amides is 2. The second-order valence-corrected chi connectivity index (χ2v) is 7.54. The molecule has 0 aromatic heterocycles. The smallest absolute Gasteiger partial charge is 0.408 e. The van der Waals surface area contributed by atoms with Crippen LogP contribution >= 0.6 is 0 Å². The highest BCUT2D eigenvalue weighted by atomic mass is 16.5. The number of benzene rings is 3. The first kappa shape index (κ1) is 21.1. The Kier molecular flexibility index (Phi) is 6.86.